The number of aryl methyl sites for hydroxylation is 2. The smallest absolute Gasteiger partial charge is 0.223 e. The molecule has 0 aliphatic carbocycles. The maximum atomic E-state index is 5.79. The normalized spacial score (nSPS) is 10.8. The fourth-order valence-electron chi connectivity index (χ4n) is 2.91. The summed E-state index contributed by atoms with van der Waals surface area (Å²) in [6.45, 7) is 4.29. The van der Waals surface area contributed by atoms with Gasteiger partial charge in [-0.2, -0.15) is 0 Å². The Labute approximate surface area is 162 Å². The predicted molar refractivity (Wildman–Crippen MR) is 105 cm³/mol. The first kappa shape index (κ1) is 17.8. The fourth-order valence-corrected chi connectivity index (χ4v) is 2.91. The van der Waals surface area contributed by atoms with Gasteiger partial charge in [-0.25, -0.2) is 9.97 Å². The van der Waals surface area contributed by atoms with Gasteiger partial charge in [-0.1, -0.05) is 23.4 Å². The largest absolute Gasteiger partial charge is 0.496 e. The first-order chi connectivity index (χ1) is 13.6. The number of ether oxygens (including phenoxy) is 1. The number of anilines is 1. The van der Waals surface area contributed by atoms with Crippen molar-refractivity contribution in [1.82, 2.24) is 15.1 Å². The third kappa shape index (κ3) is 3.59. The van der Waals surface area contributed by atoms with Crippen LogP contribution in [0.15, 0.2) is 57.6 Å². The van der Waals surface area contributed by atoms with Crippen LogP contribution in [0.4, 0.5) is 5.95 Å². The molecule has 4 aromatic rings. The van der Waals surface area contributed by atoms with E-state index in [0.717, 1.165) is 28.3 Å². The van der Waals surface area contributed by atoms with Gasteiger partial charge in [0.1, 0.15) is 17.2 Å². The van der Waals surface area contributed by atoms with Crippen LogP contribution in [0.25, 0.3) is 22.8 Å². The summed E-state index contributed by atoms with van der Waals surface area (Å²) >= 11 is 0. The summed E-state index contributed by atoms with van der Waals surface area (Å²) in [7, 11) is 1.65. The molecule has 0 amide bonds. The molecule has 0 saturated carbocycles. The zero-order chi connectivity index (χ0) is 19.5. The van der Waals surface area contributed by atoms with E-state index in [0.29, 0.717) is 29.7 Å². The van der Waals surface area contributed by atoms with Gasteiger partial charge in [0.2, 0.25) is 5.95 Å². The molecule has 1 aromatic carbocycles. The van der Waals surface area contributed by atoms with Gasteiger partial charge in [0.15, 0.2) is 11.5 Å². The Morgan fingerprint density at radius 3 is 2.64 bits per heavy atom. The molecular formula is C21H20N4O3. The molecule has 28 heavy (non-hydrogen) atoms. The molecule has 0 saturated heterocycles. The highest BCUT2D eigenvalue weighted by molar-refractivity contribution is 5.76. The van der Waals surface area contributed by atoms with E-state index < -0.39 is 0 Å². The van der Waals surface area contributed by atoms with E-state index >= 15 is 0 Å². The minimum atomic E-state index is 0.481. The Morgan fingerprint density at radius 1 is 1.07 bits per heavy atom. The van der Waals surface area contributed by atoms with Gasteiger partial charge in [-0.05, 0) is 32.0 Å². The molecule has 3 aromatic heterocycles. The maximum absolute atomic E-state index is 5.79. The van der Waals surface area contributed by atoms with Gasteiger partial charge < -0.3 is 19.0 Å². The zero-order valence-electron chi connectivity index (χ0n) is 15.9. The molecule has 7 nitrogen and oxygen atoms in total. The number of hydrogen-bond donors (Lipinski definition) is 1. The number of hydrogen-bond acceptors (Lipinski definition) is 7. The molecular weight excluding hydrogens is 356 g/mol. The van der Waals surface area contributed by atoms with Crippen LogP contribution < -0.4 is 10.1 Å². The average Bonchev–Trinajstić information content (AvgIpc) is 3.34. The lowest BCUT2D eigenvalue weighted by molar-refractivity contribution is 0.410. The van der Waals surface area contributed by atoms with Gasteiger partial charge in [0.25, 0.3) is 0 Å². The van der Waals surface area contributed by atoms with Crippen molar-refractivity contribution in [3.63, 3.8) is 0 Å². The molecule has 142 valence electrons. The van der Waals surface area contributed by atoms with Crippen molar-refractivity contribution in [2.45, 2.75) is 20.4 Å². The highest BCUT2D eigenvalue weighted by Gasteiger charge is 2.18. The Balaban J connectivity index is 1.68. The van der Waals surface area contributed by atoms with E-state index in [1.54, 1.807) is 13.3 Å². The standard InChI is InChI=1S/C21H20N4O3/c1-13-10-19(28-25-13)16-12-23-21(24-20(16)18-9-8-14(2)27-18)22-11-15-6-4-5-7-17(15)26-3/h4-10,12H,11H2,1-3H3,(H,22,23,24). The Morgan fingerprint density at radius 2 is 1.93 bits per heavy atom. The molecule has 0 unspecified atom stereocenters. The lowest BCUT2D eigenvalue weighted by Gasteiger charge is -2.11. The minimum absolute atomic E-state index is 0.481. The molecule has 0 bridgehead atoms. The third-order valence-corrected chi connectivity index (χ3v) is 4.29. The minimum Gasteiger partial charge on any atom is -0.496 e. The first-order valence-corrected chi connectivity index (χ1v) is 8.87. The van der Waals surface area contributed by atoms with Crippen molar-refractivity contribution in [1.29, 1.82) is 0 Å². The number of furan rings is 1. The van der Waals surface area contributed by atoms with Crippen LogP contribution in [0.3, 0.4) is 0 Å². The number of benzene rings is 1. The second kappa shape index (κ2) is 7.56. The average molecular weight is 376 g/mol. The topological polar surface area (TPSA) is 86.2 Å². The van der Waals surface area contributed by atoms with Gasteiger partial charge >= 0.3 is 0 Å². The molecule has 0 aliphatic rings. The molecule has 0 spiro atoms. The number of aromatic nitrogens is 3. The number of para-hydroxylation sites is 1. The summed E-state index contributed by atoms with van der Waals surface area (Å²) in [5.74, 6) is 3.33. The third-order valence-electron chi connectivity index (χ3n) is 4.29. The summed E-state index contributed by atoms with van der Waals surface area (Å²) in [6, 6.07) is 13.4. The van der Waals surface area contributed by atoms with Crippen molar-refractivity contribution in [3.8, 4) is 28.5 Å². The molecule has 0 atom stereocenters. The van der Waals surface area contributed by atoms with Crippen LogP contribution in [0.2, 0.25) is 0 Å². The van der Waals surface area contributed by atoms with Crippen molar-refractivity contribution in [2.24, 2.45) is 0 Å². The molecule has 7 heteroatoms. The van der Waals surface area contributed by atoms with Crippen molar-refractivity contribution >= 4 is 5.95 Å². The van der Waals surface area contributed by atoms with E-state index in [2.05, 4.69) is 20.4 Å². The van der Waals surface area contributed by atoms with Gasteiger partial charge in [-0.3, -0.25) is 0 Å². The van der Waals surface area contributed by atoms with Crippen LogP contribution in [0.1, 0.15) is 17.0 Å². The van der Waals surface area contributed by atoms with Gasteiger partial charge in [0, 0.05) is 24.4 Å². The SMILES string of the molecule is COc1ccccc1CNc1ncc(-c2cc(C)no2)c(-c2ccc(C)o2)n1. The Kier molecular flexibility index (Phi) is 4.80. The van der Waals surface area contributed by atoms with Crippen molar-refractivity contribution in [2.75, 3.05) is 12.4 Å². The van der Waals surface area contributed by atoms with E-state index in [1.807, 2.05) is 56.3 Å². The maximum Gasteiger partial charge on any atom is 0.223 e. The Hall–Kier alpha value is -3.61. The number of nitrogens with one attached hydrogen (secondary N) is 1. The number of methoxy groups -OCH3 is 1. The summed E-state index contributed by atoms with van der Waals surface area (Å²) in [6.07, 6.45) is 1.71. The number of rotatable bonds is 6. The highest BCUT2D eigenvalue weighted by Crippen LogP contribution is 2.32. The number of nitrogens with zero attached hydrogens (tertiary/aromatic N) is 3. The lowest BCUT2D eigenvalue weighted by atomic mass is 10.1. The quantitative estimate of drug-likeness (QED) is 0.525. The molecule has 0 fully saturated rings. The van der Waals surface area contributed by atoms with E-state index in [-0.39, 0.29) is 0 Å². The summed E-state index contributed by atoms with van der Waals surface area (Å²) in [4.78, 5) is 9.10. The molecule has 4 rings (SSSR count). The van der Waals surface area contributed by atoms with Crippen molar-refractivity contribution < 1.29 is 13.7 Å². The molecule has 1 N–H and O–H groups in total. The van der Waals surface area contributed by atoms with Crippen molar-refractivity contribution in [3.05, 3.63) is 65.7 Å². The predicted octanol–water partition coefficient (Wildman–Crippen LogP) is 4.63. The van der Waals surface area contributed by atoms with Crippen LogP contribution in [-0.2, 0) is 6.54 Å². The molecule has 0 radical (unpaired) electrons. The highest BCUT2D eigenvalue weighted by atomic mass is 16.5. The van der Waals surface area contributed by atoms with E-state index in [4.69, 9.17) is 13.7 Å². The van der Waals surface area contributed by atoms with Crippen LogP contribution in [-0.4, -0.2) is 22.2 Å². The lowest BCUT2D eigenvalue weighted by Crippen LogP contribution is -2.06. The second-order valence-electron chi connectivity index (χ2n) is 6.36. The second-order valence-corrected chi connectivity index (χ2v) is 6.36. The van der Waals surface area contributed by atoms with Gasteiger partial charge in [0.05, 0.1) is 18.4 Å². The van der Waals surface area contributed by atoms with Gasteiger partial charge in [-0.15, -0.1) is 0 Å². The monoisotopic (exact) mass is 376 g/mol. The summed E-state index contributed by atoms with van der Waals surface area (Å²) in [5.41, 5.74) is 3.16. The fraction of sp³-hybridized carbons (Fsp3) is 0.190. The Bertz CT molecular complexity index is 1100. The van der Waals surface area contributed by atoms with Crippen LogP contribution in [0, 0.1) is 13.8 Å². The summed E-state index contributed by atoms with van der Waals surface area (Å²) in [5, 5.41) is 7.21. The van der Waals surface area contributed by atoms with E-state index in [1.165, 1.54) is 0 Å². The van der Waals surface area contributed by atoms with E-state index in [9.17, 15) is 0 Å². The first-order valence-electron chi connectivity index (χ1n) is 8.87. The van der Waals surface area contributed by atoms with Crippen LogP contribution in [0.5, 0.6) is 5.75 Å². The summed E-state index contributed by atoms with van der Waals surface area (Å²) < 4.78 is 16.6. The van der Waals surface area contributed by atoms with Crippen LogP contribution >= 0.6 is 0 Å². The molecule has 0 aliphatic heterocycles. The zero-order valence-corrected chi connectivity index (χ0v) is 15.9. The molecule has 3 heterocycles.